The normalized spacial score (nSPS) is 12.0. The number of hydrogen-bond donors (Lipinski definition) is 3. The second-order valence-corrected chi connectivity index (χ2v) is 6.18. The first-order valence-corrected chi connectivity index (χ1v) is 8.46. The topological polar surface area (TPSA) is 83.4 Å². The molecule has 0 aliphatic carbocycles. The molecule has 3 N–H and O–H groups in total. The zero-order chi connectivity index (χ0) is 18.2. The van der Waals surface area contributed by atoms with E-state index in [1.54, 1.807) is 6.07 Å². The molecule has 0 radical (unpaired) electrons. The highest BCUT2D eigenvalue weighted by Crippen LogP contribution is 2.21. The van der Waals surface area contributed by atoms with Crippen molar-refractivity contribution in [3.8, 4) is 0 Å². The molecule has 6 heteroatoms. The quantitative estimate of drug-likeness (QED) is 0.675. The maximum absolute atomic E-state index is 12.0. The van der Waals surface area contributed by atoms with Gasteiger partial charge in [-0.2, -0.15) is 0 Å². The fourth-order valence-electron chi connectivity index (χ4n) is 2.54. The third kappa shape index (κ3) is 5.46. The third-order valence-electron chi connectivity index (χ3n) is 3.96. The van der Waals surface area contributed by atoms with Crippen LogP contribution in [0.4, 0.5) is 0 Å². The van der Waals surface area contributed by atoms with E-state index < -0.39 is 5.91 Å². The van der Waals surface area contributed by atoms with Crippen molar-refractivity contribution in [2.75, 3.05) is 6.54 Å². The number of amides is 2. The van der Waals surface area contributed by atoms with Crippen LogP contribution in [-0.4, -0.2) is 18.4 Å². The molecule has 134 valence electrons. The molecule has 1 atom stereocenters. The number of furan rings is 1. The smallest absolute Gasteiger partial charge is 0.305 e. The zero-order valence-corrected chi connectivity index (χ0v) is 14.8. The van der Waals surface area contributed by atoms with E-state index >= 15 is 0 Å². The summed E-state index contributed by atoms with van der Waals surface area (Å²) >= 11 is 0. The molecule has 2 rings (SSSR count). The first kappa shape index (κ1) is 18.7. The highest BCUT2D eigenvalue weighted by atomic mass is 16.3. The van der Waals surface area contributed by atoms with Gasteiger partial charge in [0.25, 0.3) is 5.91 Å². The highest BCUT2D eigenvalue weighted by molar-refractivity contribution is 5.93. The van der Waals surface area contributed by atoms with Crippen molar-refractivity contribution in [2.45, 2.75) is 33.2 Å². The number of carbonyl (C=O) groups is 2. The summed E-state index contributed by atoms with van der Waals surface area (Å²) in [7, 11) is 0. The fourth-order valence-corrected chi connectivity index (χ4v) is 2.54. The predicted molar refractivity (Wildman–Crippen MR) is 95.7 cm³/mol. The lowest BCUT2D eigenvalue weighted by molar-refractivity contribution is -0.121. The lowest BCUT2D eigenvalue weighted by Gasteiger charge is -2.23. The Hall–Kier alpha value is -2.60. The average molecular weight is 343 g/mol. The van der Waals surface area contributed by atoms with Gasteiger partial charge in [0.05, 0.1) is 12.8 Å². The Morgan fingerprint density at radius 1 is 1.08 bits per heavy atom. The second kappa shape index (κ2) is 9.03. The largest absolute Gasteiger partial charge is 0.459 e. The molecule has 1 heterocycles. The molecule has 0 aliphatic heterocycles. The maximum Gasteiger partial charge on any atom is 0.305 e. The van der Waals surface area contributed by atoms with Gasteiger partial charge in [-0.3, -0.25) is 20.4 Å². The lowest BCUT2D eigenvalue weighted by Crippen LogP contribution is -2.46. The Morgan fingerprint density at radius 2 is 1.80 bits per heavy atom. The maximum atomic E-state index is 12.0. The Morgan fingerprint density at radius 3 is 2.36 bits per heavy atom. The van der Waals surface area contributed by atoms with Crippen molar-refractivity contribution in [3.63, 3.8) is 0 Å². The molecule has 6 nitrogen and oxygen atoms in total. The van der Waals surface area contributed by atoms with Crippen LogP contribution in [0.1, 0.15) is 48.5 Å². The van der Waals surface area contributed by atoms with Crippen LogP contribution in [0.2, 0.25) is 0 Å². The molecule has 0 fully saturated rings. The zero-order valence-electron chi connectivity index (χ0n) is 14.8. The van der Waals surface area contributed by atoms with Gasteiger partial charge in [0, 0.05) is 6.04 Å². The average Bonchev–Trinajstić information content (AvgIpc) is 3.15. The van der Waals surface area contributed by atoms with E-state index in [0.717, 1.165) is 12.0 Å². The number of benzene rings is 1. The monoisotopic (exact) mass is 343 g/mol. The molecule has 0 spiro atoms. The predicted octanol–water partition coefficient (Wildman–Crippen LogP) is 2.59. The summed E-state index contributed by atoms with van der Waals surface area (Å²) in [6.45, 7) is 6.41. The van der Waals surface area contributed by atoms with Gasteiger partial charge in [-0.05, 0) is 35.6 Å². The van der Waals surface area contributed by atoms with Crippen molar-refractivity contribution in [2.24, 2.45) is 5.92 Å². The number of hydrazine groups is 1. The first-order valence-electron chi connectivity index (χ1n) is 8.46. The SMILES string of the molecule is CCc1ccc([C@H](NCC(=O)NNC(=O)c2ccco2)C(C)C)cc1. The Bertz CT molecular complexity index is 678. The molecule has 1 aromatic carbocycles. The standard InChI is InChI=1S/C19H25N3O3/c1-4-14-7-9-15(10-8-14)18(13(2)3)20-12-17(23)21-22-19(24)16-6-5-11-25-16/h5-11,13,18,20H,4,12H2,1-3H3,(H,21,23)(H,22,24)/t18-/m1/s1. The molecular formula is C19H25N3O3. The van der Waals surface area contributed by atoms with Crippen LogP contribution in [0.5, 0.6) is 0 Å². The highest BCUT2D eigenvalue weighted by Gasteiger charge is 2.17. The number of hydrogen-bond acceptors (Lipinski definition) is 4. The van der Waals surface area contributed by atoms with E-state index in [2.05, 4.69) is 61.2 Å². The molecule has 0 saturated heterocycles. The second-order valence-electron chi connectivity index (χ2n) is 6.18. The van der Waals surface area contributed by atoms with Crippen LogP contribution in [0.3, 0.4) is 0 Å². The van der Waals surface area contributed by atoms with Gasteiger partial charge in [0.1, 0.15) is 0 Å². The van der Waals surface area contributed by atoms with Gasteiger partial charge >= 0.3 is 5.91 Å². The number of aryl methyl sites for hydroxylation is 1. The minimum atomic E-state index is -0.492. The van der Waals surface area contributed by atoms with Crippen LogP contribution in [-0.2, 0) is 11.2 Å². The van der Waals surface area contributed by atoms with E-state index in [1.807, 2.05) is 0 Å². The molecule has 0 saturated carbocycles. The number of rotatable bonds is 7. The molecule has 0 aliphatic rings. The van der Waals surface area contributed by atoms with E-state index in [9.17, 15) is 9.59 Å². The van der Waals surface area contributed by atoms with E-state index in [4.69, 9.17) is 4.42 Å². The minimum Gasteiger partial charge on any atom is -0.459 e. The van der Waals surface area contributed by atoms with Crippen molar-refractivity contribution < 1.29 is 14.0 Å². The van der Waals surface area contributed by atoms with Gasteiger partial charge < -0.3 is 9.73 Å². The summed E-state index contributed by atoms with van der Waals surface area (Å²) in [5.41, 5.74) is 7.11. The van der Waals surface area contributed by atoms with Crippen molar-refractivity contribution in [1.29, 1.82) is 0 Å². The molecule has 0 unspecified atom stereocenters. The Kier molecular flexibility index (Phi) is 6.77. The summed E-state index contributed by atoms with van der Waals surface area (Å²) in [6.07, 6.45) is 2.40. The number of nitrogens with one attached hydrogen (secondary N) is 3. The molecule has 0 bridgehead atoms. The summed E-state index contributed by atoms with van der Waals surface area (Å²) in [4.78, 5) is 23.7. The van der Waals surface area contributed by atoms with E-state index in [-0.39, 0.29) is 24.3 Å². The van der Waals surface area contributed by atoms with Crippen LogP contribution in [0.15, 0.2) is 47.1 Å². The van der Waals surface area contributed by atoms with Crippen LogP contribution >= 0.6 is 0 Å². The van der Waals surface area contributed by atoms with Gasteiger partial charge in [0.2, 0.25) is 0 Å². The van der Waals surface area contributed by atoms with Crippen LogP contribution in [0.25, 0.3) is 0 Å². The molecule has 25 heavy (non-hydrogen) atoms. The third-order valence-corrected chi connectivity index (χ3v) is 3.96. The minimum absolute atomic E-state index is 0.0532. The van der Waals surface area contributed by atoms with Crippen molar-refractivity contribution in [1.82, 2.24) is 16.2 Å². The van der Waals surface area contributed by atoms with Gasteiger partial charge in [-0.25, -0.2) is 0 Å². The molecule has 1 aromatic heterocycles. The van der Waals surface area contributed by atoms with Crippen LogP contribution in [0, 0.1) is 5.92 Å². The van der Waals surface area contributed by atoms with Crippen molar-refractivity contribution in [3.05, 3.63) is 59.5 Å². The van der Waals surface area contributed by atoms with Gasteiger partial charge in [0.15, 0.2) is 5.76 Å². The fraction of sp³-hybridized carbons (Fsp3) is 0.368. The molecule has 2 amide bonds. The molecule has 2 aromatic rings. The summed E-state index contributed by atoms with van der Waals surface area (Å²) in [6, 6.07) is 11.6. The molecular weight excluding hydrogens is 318 g/mol. The van der Waals surface area contributed by atoms with Gasteiger partial charge in [-0.1, -0.05) is 45.0 Å². The van der Waals surface area contributed by atoms with Crippen LogP contribution < -0.4 is 16.2 Å². The van der Waals surface area contributed by atoms with E-state index in [1.165, 1.54) is 17.9 Å². The Balaban J connectivity index is 1.85. The summed E-state index contributed by atoms with van der Waals surface area (Å²) in [5, 5.41) is 3.24. The lowest BCUT2D eigenvalue weighted by atomic mass is 9.95. The summed E-state index contributed by atoms with van der Waals surface area (Å²) in [5.74, 6) is -0.355. The van der Waals surface area contributed by atoms with E-state index in [0.29, 0.717) is 5.92 Å². The summed E-state index contributed by atoms with van der Waals surface area (Å²) < 4.78 is 4.95. The first-order chi connectivity index (χ1) is 12.0. The van der Waals surface area contributed by atoms with Crippen molar-refractivity contribution >= 4 is 11.8 Å². The number of carbonyl (C=O) groups excluding carboxylic acids is 2. The Labute approximate surface area is 148 Å². The van der Waals surface area contributed by atoms with Gasteiger partial charge in [-0.15, -0.1) is 0 Å².